The number of hydrogen-bond acceptors (Lipinski definition) is 5. The molecule has 0 saturated heterocycles. The number of fused-ring (bicyclic) bond motifs is 1. The highest BCUT2D eigenvalue weighted by Crippen LogP contribution is 2.33. The number of phenols is 1. The van der Waals surface area contributed by atoms with Crippen molar-refractivity contribution in [1.29, 1.82) is 0 Å². The van der Waals surface area contributed by atoms with Crippen LogP contribution in [0, 0.1) is 5.92 Å². The van der Waals surface area contributed by atoms with E-state index < -0.39 is 0 Å². The van der Waals surface area contributed by atoms with Gasteiger partial charge in [0.25, 0.3) is 0 Å². The summed E-state index contributed by atoms with van der Waals surface area (Å²) in [7, 11) is 0. The van der Waals surface area contributed by atoms with Gasteiger partial charge in [-0.05, 0) is 36.6 Å². The Balaban J connectivity index is 1.63. The SMILES string of the molecule is CC(C)CCCCCCOC(=O)c1ccccc1N=Nc1ccc(O)c2ccccc12. The normalized spacial score (nSPS) is 11.5. The molecule has 0 amide bonds. The van der Waals surface area contributed by atoms with Gasteiger partial charge in [-0.1, -0.05) is 75.9 Å². The Kier molecular flexibility index (Phi) is 8.16. The molecule has 1 N–H and O–H groups in total. The van der Waals surface area contributed by atoms with Crippen LogP contribution >= 0.6 is 0 Å². The van der Waals surface area contributed by atoms with Gasteiger partial charge in [0, 0.05) is 10.8 Å². The van der Waals surface area contributed by atoms with Crippen molar-refractivity contribution in [3.63, 3.8) is 0 Å². The van der Waals surface area contributed by atoms with E-state index in [-0.39, 0.29) is 11.7 Å². The number of aromatic hydroxyl groups is 1. The molecule has 0 aromatic heterocycles. The van der Waals surface area contributed by atoms with Crippen molar-refractivity contribution in [3.05, 3.63) is 66.2 Å². The van der Waals surface area contributed by atoms with E-state index in [1.807, 2.05) is 30.3 Å². The fourth-order valence-electron chi connectivity index (χ4n) is 3.45. The number of hydrogen-bond donors (Lipinski definition) is 1. The van der Waals surface area contributed by atoms with E-state index in [0.29, 0.717) is 28.9 Å². The molecular weight excluding hydrogens is 388 g/mol. The van der Waals surface area contributed by atoms with E-state index in [4.69, 9.17) is 4.74 Å². The first-order valence-electron chi connectivity index (χ1n) is 10.9. The number of carbonyl (C=O) groups is 1. The molecule has 3 aromatic carbocycles. The van der Waals surface area contributed by atoms with Gasteiger partial charge in [0.15, 0.2) is 0 Å². The molecule has 0 fully saturated rings. The second kappa shape index (κ2) is 11.3. The minimum atomic E-state index is -0.382. The van der Waals surface area contributed by atoms with Gasteiger partial charge in [-0.2, -0.15) is 0 Å². The van der Waals surface area contributed by atoms with E-state index in [0.717, 1.165) is 24.1 Å². The number of esters is 1. The Morgan fingerprint density at radius 2 is 1.52 bits per heavy atom. The minimum Gasteiger partial charge on any atom is -0.507 e. The molecule has 3 rings (SSSR count). The summed E-state index contributed by atoms with van der Waals surface area (Å²) in [5, 5.41) is 20.2. The topological polar surface area (TPSA) is 71.2 Å². The van der Waals surface area contributed by atoms with E-state index in [1.54, 1.807) is 30.3 Å². The predicted molar refractivity (Wildman–Crippen MR) is 124 cm³/mol. The summed E-state index contributed by atoms with van der Waals surface area (Å²) in [6, 6.07) is 17.8. The van der Waals surface area contributed by atoms with Crippen LogP contribution in [0.4, 0.5) is 11.4 Å². The fourth-order valence-corrected chi connectivity index (χ4v) is 3.45. The summed E-state index contributed by atoms with van der Waals surface area (Å²) >= 11 is 0. The van der Waals surface area contributed by atoms with Crippen molar-refractivity contribution in [2.45, 2.75) is 46.0 Å². The Labute approximate surface area is 183 Å². The van der Waals surface area contributed by atoms with Crippen molar-refractivity contribution >= 4 is 28.1 Å². The molecule has 0 aliphatic rings. The van der Waals surface area contributed by atoms with E-state index >= 15 is 0 Å². The van der Waals surface area contributed by atoms with Crippen LogP contribution in [-0.2, 0) is 4.74 Å². The van der Waals surface area contributed by atoms with E-state index in [2.05, 4.69) is 24.1 Å². The van der Waals surface area contributed by atoms with Crippen LogP contribution in [0.2, 0.25) is 0 Å². The maximum Gasteiger partial charge on any atom is 0.340 e. The zero-order chi connectivity index (χ0) is 22.1. The van der Waals surface area contributed by atoms with Crippen LogP contribution in [0.5, 0.6) is 5.75 Å². The molecular formula is C26H30N2O3. The predicted octanol–water partition coefficient (Wildman–Crippen LogP) is 7.72. The third-order valence-corrected chi connectivity index (χ3v) is 5.18. The molecule has 0 saturated carbocycles. The number of unbranched alkanes of at least 4 members (excludes halogenated alkanes) is 3. The van der Waals surface area contributed by atoms with Crippen LogP contribution in [0.15, 0.2) is 70.9 Å². The first-order valence-corrected chi connectivity index (χ1v) is 10.9. The van der Waals surface area contributed by atoms with Crippen molar-refractivity contribution in [1.82, 2.24) is 0 Å². The van der Waals surface area contributed by atoms with Crippen molar-refractivity contribution in [2.24, 2.45) is 16.1 Å². The number of ether oxygens (including phenoxy) is 1. The number of benzene rings is 3. The summed E-state index contributed by atoms with van der Waals surface area (Å²) in [6.07, 6.45) is 5.57. The highest BCUT2D eigenvalue weighted by molar-refractivity contribution is 5.97. The smallest absolute Gasteiger partial charge is 0.340 e. The average molecular weight is 419 g/mol. The molecule has 5 heteroatoms. The second-order valence-corrected chi connectivity index (χ2v) is 8.10. The van der Waals surface area contributed by atoms with Crippen LogP contribution in [0.1, 0.15) is 56.3 Å². The molecule has 5 nitrogen and oxygen atoms in total. The summed E-state index contributed by atoms with van der Waals surface area (Å²) in [5.41, 5.74) is 1.48. The minimum absolute atomic E-state index is 0.197. The molecule has 0 unspecified atom stereocenters. The number of phenolic OH excluding ortho intramolecular Hbond substituents is 1. The summed E-state index contributed by atoms with van der Waals surface area (Å²) in [4.78, 5) is 12.6. The fraction of sp³-hybridized carbons (Fsp3) is 0.346. The number of rotatable bonds is 10. The molecule has 0 bridgehead atoms. The lowest BCUT2D eigenvalue weighted by atomic mass is 10.0. The number of azo groups is 1. The average Bonchev–Trinajstić information content (AvgIpc) is 2.78. The highest BCUT2D eigenvalue weighted by atomic mass is 16.5. The molecule has 0 radical (unpaired) electrons. The van der Waals surface area contributed by atoms with Gasteiger partial charge in [-0.15, -0.1) is 10.2 Å². The quantitative estimate of drug-likeness (QED) is 0.208. The van der Waals surface area contributed by atoms with Gasteiger partial charge in [0.1, 0.15) is 11.4 Å². The maximum absolute atomic E-state index is 12.6. The van der Waals surface area contributed by atoms with Gasteiger partial charge in [-0.3, -0.25) is 0 Å². The van der Waals surface area contributed by atoms with Crippen molar-refractivity contribution in [3.8, 4) is 5.75 Å². The second-order valence-electron chi connectivity index (χ2n) is 8.10. The zero-order valence-electron chi connectivity index (χ0n) is 18.3. The van der Waals surface area contributed by atoms with Gasteiger partial charge in [0.2, 0.25) is 0 Å². The van der Waals surface area contributed by atoms with Gasteiger partial charge in [-0.25, -0.2) is 4.79 Å². The third-order valence-electron chi connectivity index (χ3n) is 5.18. The molecule has 0 spiro atoms. The van der Waals surface area contributed by atoms with Crippen molar-refractivity contribution < 1.29 is 14.6 Å². The number of nitrogens with zero attached hydrogens (tertiary/aromatic N) is 2. The maximum atomic E-state index is 12.6. The number of carbonyl (C=O) groups excluding carboxylic acids is 1. The summed E-state index contributed by atoms with van der Waals surface area (Å²) in [6.45, 7) is 4.88. The monoisotopic (exact) mass is 418 g/mol. The van der Waals surface area contributed by atoms with E-state index in [1.165, 1.54) is 19.3 Å². The Morgan fingerprint density at radius 1 is 0.839 bits per heavy atom. The highest BCUT2D eigenvalue weighted by Gasteiger charge is 2.12. The lowest BCUT2D eigenvalue weighted by molar-refractivity contribution is 0.0498. The lowest BCUT2D eigenvalue weighted by Gasteiger charge is -2.07. The standard InChI is InChI=1S/C26H30N2O3/c1-19(2)11-5-3-4-10-18-31-26(30)22-14-8-9-15-23(22)27-28-24-16-17-25(29)21-13-7-6-12-20(21)24/h6-9,12-17,19,29H,3-5,10-11,18H2,1-2H3. The molecule has 162 valence electrons. The molecule has 0 heterocycles. The molecule has 31 heavy (non-hydrogen) atoms. The summed E-state index contributed by atoms with van der Waals surface area (Å²) in [5.74, 6) is 0.554. The van der Waals surface area contributed by atoms with Crippen LogP contribution in [-0.4, -0.2) is 17.7 Å². The molecule has 0 atom stereocenters. The van der Waals surface area contributed by atoms with Crippen molar-refractivity contribution in [2.75, 3.05) is 6.61 Å². The first kappa shape index (κ1) is 22.5. The third kappa shape index (κ3) is 6.38. The molecule has 0 aliphatic heterocycles. The largest absolute Gasteiger partial charge is 0.507 e. The van der Waals surface area contributed by atoms with Crippen LogP contribution in [0.25, 0.3) is 10.8 Å². The van der Waals surface area contributed by atoms with Crippen LogP contribution in [0.3, 0.4) is 0 Å². The van der Waals surface area contributed by atoms with Gasteiger partial charge < -0.3 is 9.84 Å². The Hall–Kier alpha value is -3.21. The van der Waals surface area contributed by atoms with Crippen LogP contribution < -0.4 is 0 Å². The lowest BCUT2D eigenvalue weighted by Crippen LogP contribution is -2.06. The van der Waals surface area contributed by atoms with Gasteiger partial charge >= 0.3 is 5.97 Å². The van der Waals surface area contributed by atoms with E-state index in [9.17, 15) is 9.90 Å². The Morgan fingerprint density at radius 3 is 2.32 bits per heavy atom. The summed E-state index contributed by atoms with van der Waals surface area (Å²) < 4.78 is 5.46. The molecule has 3 aromatic rings. The Bertz CT molecular complexity index is 1040. The zero-order valence-corrected chi connectivity index (χ0v) is 18.3. The first-order chi connectivity index (χ1) is 15.1. The molecule has 0 aliphatic carbocycles. The van der Waals surface area contributed by atoms with Gasteiger partial charge in [0.05, 0.1) is 17.9 Å².